The number of allylic oxidation sites excluding steroid dienone is 1. The lowest BCUT2D eigenvalue weighted by atomic mass is 9.84. The van der Waals surface area contributed by atoms with Gasteiger partial charge in [0, 0.05) is 19.1 Å². The summed E-state index contributed by atoms with van der Waals surface area (Å²) < 4.78 is 0. The Bertz CT molecular complexity index is 288. The second-order valence-electron chi connectivity index (χ2n) is 5.02. The van der Waals surface area contributed by atoms with Crippen molar-refractivity contribution in [3.05, 3.63) is 12.2 Å². The van der Waals surface area contributed by atoms with E-state index in [0.717, 1.165) is 19.5 Å². The number of carbonyl (C=O) groups is 1. The van der Waals surface area contributed by atoms with Crippen LogP contribution in [0.25, 0.3) is 0 Å². The summed E-state index contributed by atoms with van der Waals surface area (Å²) in [7, 11) is 2.22. The van der Waals surface area contributed by atoms with Gasteiger partial charge in [0.05, 0.1) is 0 Å². The number of amides is 1. The van der Waals surface area contributed by atoms with E-state index in [1.807, 2.05) is 17.9 Å². The maximum atomic E-state index is 11.8. The van der Waals surface area contributed by atoms with Gasteiger partial charge in [-0.25, -0.2) is 0 Å². The van der Waals surface area contributed by atoms with Crippen molar-refractivity contribution in [2.24, 2.45) is 5.92 Å². The van der Waals surface area contributed by atoms with E-state index < -0.39 is 0 Å². The molecule has 0 aromatic heterocycles. The van der Waals surface area contributed by atoms with Gasteiger partial charge in [0.1, 0.15) is 0 Å². The summed E-state index contributed by atoms with van der Waals surface area (Å²) in [5.74, 6) is 0.885. The first-order chi connectivity index (χ1) is 7.72. The highest BCUT2D eigenvalue weighted by Gasteiger charge is 2.35. The molecule has 1 amide bonds. The maximum Gasteiger partial charge on any atom is 0.246 e. The smallest absolute Gasteiger partial charge is 0.246 e. The zero-order valence-corrected chi connectivity index (χ0v) is 10.4. The van der Waals surface area contributed by atoms with E-state index in [-0.39, 0.29) is 5.91 Å². The second kappa shape index (κ2) is 5.00. The predicted octanol–water partition coefficient (Wildman–Crippen LogP) is 1.51. The molecule has 0 aliphatic carbocycles. The molecule has 0 bridgehead atoms. The quantitative estimate of drug-likeness (QED) is 0.628. The highest BCUT2D eigenvalue weighted by atomic mass is 16.2. The van der Waals surface area contributed by atoms with Gasteiger partial charge in [-0.1, -0.05) is 6.08 Å². The van der Waals surface area contributed by atoms with Crippen molar-refractivity contribution in [3.63, 3.8) is 0 Å². The monoisotopic (exact) mass is 222 g/mol. The largest absolute Gasteiger partial charge is 0.339 e. The van der Waals surface area contributed by atoms with E-state index in [2.05, 4.69) is 11.9 Å². The fourth-order valence-electron chi connectivity index (χ4n) is 3.10. The molecule has 0 N–H and O–H groups in total. The molecular weight excluding hydrogens is 200 g/mol. The van der Waals surface area contributed by atoms with Crippen LogP contribution in [0.4, 0.5) is 0 Å². The minimum Gasteiger partial charge on any atom is -0.339 e. The fourth-order valence-corrected chi connectivity index (χ4v) is 3.10. The highest BCUT2D eigenvalue weighted by Crippen LogP contribution is 2.29. The van der Waals surface area contributed by atoms with Crippen molar-refractivity contribution in [2.45, 2.75) is 32.2 Å². The minimum atomic E-state index is 0.189. The van der Waals surface area contributed by atoms with Crippen molar-refractivity contribution in [1.82, 2.24) is 9.80 Å². The van der Waals surface area contributed by atoms with Gasteiger partial charge in [-0.05, 0) is 51.8 Å². The van der Waals surface area contributed by atoms with Crippen LogP contribution in [-0.4, -0.2) is 48.4 Å². The van der Waals surface area contributed by atoms with Crippen LogP contribution in [0.3, 0.4) is 0 Å². The number of likely N-dealkylation sites (tertiary alicyclic amines) is 2. The van der Waals surface area contributed by atoms with Crippen LogP contribution in [0.1, 0.15) is 26.2 Å². The van der Waals surface area contributed by atoms with Crippen molar-refractivity contribution in [2.75, 3.05) is 26.7 Å². The molecule has 2 fully saturated rings. The number of carbonyl (C=O) groups excluding carboxylic acids is 1. The van der Waals surface area contributed by atoms with Crippen LogP contribution in [0.2, 0.25) is 0 Å². The number of piperidine rings is 2. The molecule has 0 saturated carbocycles. The van der Waals surface area contributed by atoms with E-state index in [1.54, 1.807) is 6.08 Å². The Kier molecular flexibility index (Phi) is 3.64. The zero-order valence-electron chi connectivity index (χ0n) is 10.4. The first kappa shape index (κ1) is 11.6. The average molecular weight is 222 g/mol. The molecule has 2 heterocycles. The van der Waals surface area contributed by atoms with E-state index in [1.165, 1.54) is 19.4 Å². The van der Waals surface area contributed by atoms with Crippen LogP contribution in [0.5, 0.6) is 0 Å². The Balaban J connectivity index is 1.97. The van der Waals surface area contributed by atoms with Crippen LogP contribution in [0.15, 0.2) is 12.2 Å². The summed E-state index contributed by atoms with van der Waals surface area (Å²) in [6, 6.07) is 0.711. The molecule has 2 rings (SSSR count). The summed E-state index contributed by atoms with van der Waals surface area (Å²) in [6.45, 7) is 5.01. The lowest BCUT2D eigenvalue weighted by molar-refractivity contribution is -0.129. The maximum absolute atomic E-state index is 11.8. The van der Waals surface area contributed by atoms with E-state index >= 15 is 0 Å². The van der Waals surface area contributed by atoms with Crippen LogP contribution >= 0.6 is 0 Å². The van der Waals surface area contributed by atoms with Crippen LogP contribution < -0.4 is 0 Å². The molecule has 2 atom stereocenters. The lowest BCUT2D eigenvalue weighted by Gasteiger charge is -2.45. The Morgan fingerprint density at radius 1 is 1.31 bits per heavy atom. The topological polar surface area (TPSA) is 23.6 Å². The Morgan fingerprint density at radius 2 is 2.12 bits per heavy atom. The molecule has 2 saturated heterocycles. The van der Waals surface area contributed by atoms with E-state index in [9.17, 15) is 4.79 Å². The zero-order chi connectivity index (χ0) is 11.5. The van der Waals surface area contributed by atoms with Gasteiger partial charge >= 0.3 is 0 Å². The molecule has 0 spiro atoms. The molecule has 0 radical (unpaired) electrons. The molecule has 2 unspecified atom stereocenters. The number of nitrogens with zero attached hydrogens (tertiary/aromatic N) is 2. The molecule has 0 aromatic rings. The first-order valence-electron chi connectivity index (χ1n) is 6.34. The molecular formula is C13H22N2O. The standard InChI is InChI=1S/C13H22N2O/c1-3-5-13(16)15-9-7-12-11(10-15)6-4-8-14(12)2/h3,5,11-12H,4,6-10H2,1-2H3/b5-3+. The number of rotatable bonds is 1. The highest BCUT2D eigenvalue weighted by molar-refractivity contribution is 5.87. The van der Waals surface area contributed by atoms with Crippen molar-refractivity contribution in [1.29, 1.82) is 0 Å². The minimum absolute atomic E-state index is 0.189. The second-order valence-corrected chi connectivity index (χ2v) is 5.02. The molecule has 3 nitrogen and oxygen atoms in total. The average Bonchev–Trinajstić information content (AvgIpc) is 2.29. The molecule has 3 heteroatoms. The summed E-state index contributed by atoms with van der Waals surface area (Å²) in [4.78, 5) is 16.3. The Morgan fingerprint density at radius 3 is 2.88 bits per heavy atom. The summed E-state index contributed by atoms with van der Waals surface area (Å²) in [6.07, 6.45) is 7.23. The summed E-state index contributed by atoms with van der Waals surface area (Å²) in [5, 5.41) is 0. The molecule has 2 aliphatic heterocycles. The first-order valence-corrected chi connectivity index (χ1v) is 6.34. The third-order valence-corrected chi connectivity index (χ3v) is 3.97. The summed E-state index contributed by atoms with van der Waals surface area (Å²) in [5.41, 5.74) is 0. The van der Waals surface area contributed by atoms with E-state index in [4.69, 9.17) is 0 Å². The van der Waals surface area contributed by atoms with Gasteiger partial charge in [-0.15, -0.1) is 0 Å². The Labute approximate surface area is 98.1 Å². The molecule has 16 heavy (non-hydrogen) atoms. The van der Waals surface area contributed by atoms with Crippen molar-refractivity contribution in [3.8, 4) is 0 Å². The van der Waals surface area contributed by atoms with Crippen molar-refractivity contribution < 1.29 is 4.79 Å². The predicted molar refractivity (Wildman–Crippen MR) is 65.2 cm³/mol. The SMILES string of the molecule is C/C=C/C(=O)N1CCC2C(CCCN2C)C1. The van der Waals surface area contributed by atoms with E-state index in [0.29, 0.717) is 12.0 Å². The fraction of sp³-hybridized carbons (Fsp3) is 0.769. The van der Waals surface area contributed by atoms with Crippen LogP contribution in [-0.2, 0) is 4.79 Å². The third kappa shape index (κ3) is 2.29. The number of fused-ring (bicyclic) bond motifs is 1. The Hall–Kier alpha value is -0.830. The molecule has 2 aliphatic rings. The van der Waals surface area contributed by atoms with Gasteiger partial charge in [-0.3, -0.25) is 4.79 Å². The van der Waals surface area contributed by atoms with Gasteiger partial charge in [0.25, 0.3) is 0 Å². The van der Waals surface area contributed by atoms with Crippen LogP contribution in [0, 0.1) is 5.92 Å². The molecule has 90 valence electrons. The van der Waals surface area contributed by atoms with Gasteiger partial charge < -0.3 is 9.80 Å². The summed E-state index contributed by atoms with van der Waals surface area (Å²) >= 11 is 0. The van der Waals surface area contributed by atoms with Crippen molar-refractivity contribution >= 4 is 5.91 Å². The normalized spacial score (nSPS) is 31.8. The van der Waals surface area contributed by atoms with Gasteiger partial charge in [0.2, 0.25) is 5.91 Å². The lowest BCUT2D eigenvalue weighted by Crippen LogP contribution is -2.53. The number of hydrogen-bond acceptors (Lipinski definition) is 2. The van der Waals surface area contributed by atoms with Gasteiger partial charge in [0.15, 0.2) is 0 Å². The molecule has 0 aromatic carbocycles. The third-order valence-electron chi connectivity index (χ3n) is 3.97. The van der Waals surface area contributed by atoms with Gasteiger partial charge in [-0.2, -0.15) is 0 Å². The number of hydrogen-bond donors (Lipinski definition) is 0.